The van der Waals surface area contributed by atoms with Gasteiger partial charge in [-0.15, -0.1) is 0 Å². The molecule has 2 atom stereocenters. The van der Waals surface area contributed by atoms with Crippen LogP contribution in [0.15, 0.2) is 77.3 Å². The monoisotopic (exact) mass is 527 g/mol. The Morgan fingerprint density at radius 3 is 2.50 bits per heavy atom. The Kier molecular flexibility index (Phi) is 7.79. The smallest absolute Gasteiger partial charge is 0.439 e. The standard InChI is InChI=1S/C23H22N4O7P2/c1-27(36(30,31)32)22-12-11-20(23(24-22)26-35(28)29)21-14-18(25-34-21)13-16-7-9-19(10-8-16)33-15-17-5-3-2-4-6-17/h2-12,14H,13,15H2,1H3,(H2,30,31,32)(H,24,26,28,29)/p-1. The molecule has 2 aromatic heterocycles. The number of pyridine rings is 1. The zero-order valence-electron chi connectivity index (χ0n) is 19.0. The Morgan fingerprint density at radius 1 is 1.11 bits per heavy atom. The quantitative estimate of drug-likeness (QED) is 0.291. The molecule has 2 N–H and O–H groups in total. The molecule has 0 radical (unpaired) electrons. The first-order valence-corrected chi connectivity index (χ1v) is 13.3. The van der Waals surface area contributed by atoms with Gasteiger partial charge in [-0.05, 0) is 40.0 Å². The van der Waals surface area contributed by atoms with E-state index in [1.54, 1.807) is 6.07 Å². The van der Waals surface area contributed by atoms with Crippen molar-refractivity contribution in [1.82, 2.24) is 10.1 Å². The summed E-state index contributed by atoms with van der Waals surface area (Å²) >= 11 is 0. The molecular weight excluding hydrogens is 506 g/mol. The van der Waals surface area contributed by atoms with Crippen molar-refractivity contribution in [2.75, 3.05) is 16.8 Å². The maximum absolute atomic E-state index is 11.4. The molecule has 4 rings (SSSR count). The van der Waals surface area contributed by atoms with E-state index in [9.17, 15) is 23.8 Å². The largest absolute Gasteiger partial charge is 0.762 e. The van der Waals surface area contributed by atoms with E-state index >= 15 is 0 Å². The molecule has 13 heteroatoms. The average molecular weight is 527 g/mol. The molecule has 0 fully saturated rings. The summed E-state index contributed by atoms with van der Waals surface area (Å²) in [5.41, 5.74) is 2.85. The van der Waals surface area contributed by atoms with E-state index in [0.29, 0.717) is 23.4 Å². The van der Waals surface area contributed by atoms with Gasteiger partial charge in [0.1, 0.15) is 18.2 Å². The molecule has 0 aliphatic rings. The first-order valence-electron chi connectivity index (χ1n) is 10.6. The van der Waals surface area contributed by atoms with Crippen LogP contribution in [0.25, 0.3) is 11.3 Å². The summed E-state index contributed by atoms with van der Waals surface area (Å²) in [6.45, 7) is 0.464. The molecule has 0 aliphatic heterocycles. The van der Waals surface area contributed by atoms with Gasteiger partial charge in [-0.2, -0.15) is 5.09 Å². The lowest BCUT2D eigenvalue weighted by Gasteiger charge is -2.28. The zero-order chi connectivity index (χ0) is 25.7. The third-order valence-corrected chi connectivity index (χ3v) is 6.53. The summed E-state index contributed by atoms with van der Waals surface area (Å²) in [4.78, 5) is 35.9. The van der Waals surface area contributed by atoms with E-state index in [0.717, 1.165) is 23.9 Å². The Hall–Kier alpha value is -3.59. The van der Waals surface area contributed by atoms with Gasteiger partial charge in [0.25, 0.3) is 0 Å². The van der Waals surface area contributed by atoms with E-state index in [-0.39, 0.29) is 23.0 Å². The Morgan fingerprint density at radius 2 is 1.83 bits per heavy atom. The number of hydrogen-bond acceptors (Lipinski definition) is 8. The SMILES string of the molecule is CN(c1ccc(-c2cc(Cc3ccc(OCc4ccccc4)cc3)no2)c(N[P+](=O)[O-])n1)P(=O)([O-])O. The van der Waals surface area contributed by atoms with Crippen molar-refractivity contribution >= 4 is 27.6 Å². The van der Waals surface area contributed by atoms with Crippen molar-refractivity contribution in [3.63, 3.8) is 0 Å². The lowest BCUT2D eigenvalue weighted by Crippen LogP contribution is -2.22. The highest BCUT2D eigenvalue weighted by molar-refractivity contribution is 7.52. The molecule has 4 aromatic rings. The molecule has 0 saturated carbocycles. The first-order chi connectivity index (χ1) is 17.2. The molecule has 186 valence electrons. The fourth-order valence-corrected chi connectivity index (χ4v) is 4.02. The van der Waals surface area contributed by atoms with Gasteiger partial charge in [0.15, 0.2) is 11.6 Å². The zero-order valence-corrected chi connectivity index (χ0v) is 20.8. The summed E-state index contributed by atoms with van der Waals surface area (Å²) in [6.07, 6.45) is 0.444. The number of ether oxygens (including phenoxy) is 1. The number of nitrogens with zero attached hydrogens (tertiary/aromatic N) is 3. The first kappa shape index (κ1) is 25.5. The van der Waals surface area contributed by atoms with Crippen molar-refractivity contribution in [2.45, 2.75) is 13.0 Å². The number of hydrogen-bond donors (Lipinski definition) is 2. The van der Waals surface area contributed by atoms with Crippen LogP contribution in [-0.2, 0) is 22.2 Å². The van der Waals surface area contributed by atoms with Crippen LogP contribution >= 0.6 is 15.9 Å². The number of anilines is 2. The lowest BCUT2D eigenvalue weighted by molar-refractivity contribution is -0.193. The van der Waals surface area contributed by atoms with Gasteiger partial charge in [-0.3, -0.25) is 9.24 Å². The van der Waals surface area contributed by atoms with Crippen molar-refractivity contribution in [3.8, 4) is 17.1 Å². The maximum Gasteiger partial charge on any atom is 0.439 e. The third-order valence-electron chi connectivity index (χ3n) is 5.17. The second-order valence-electron chi connectivity index (χ2n) is 7.73. The van der Waals surface area contributed by atoms with Crippen molar-refractivity contribution in [1.29, 1.82) is 0 Å². The predicted octanol–water partition coefficient (Wildman–Crippen LogP) is 3.23. The average Bonchev–Trinajstić information content (AvgIpc) is 3.31. The molecule has 0 spiro atoms. The molecule has 0 aliphatic carbocycles. The fourth-order valence-electron chi connectivity index (χ4n) is 3.30. The van der Waals surface area contributed by atoms with Crippen LogP contribution in [0, 0.1) is 0 Å². The highest BCUT2D eigenvalue weighted by atomic mass is 31.2. The Labute approximate surface area is 207 Å². The van der Waals surface area contributed by atoms with Gasteiger partial charge < -0.3 is 23.9 Å². The molecular formula is C23H21N4O7P2-. The summed E-state index contributed by atoms with van der Waals surface area (Å²) in [6, 6.07) is 21.7. The lowest BCUT2D eigenvalue weighted by atomic mass is 10.1. The molecule has 2 aromatic carbocycles. The molecule has 36 heavy (non-hydrogen) atoms. The van der Waals surface area contributed by atoms with Gasteiger partial charge >= 0.3 is 8.18 Å². The maximum atomic E-state index is 11.4. The van der Waals surface area contributed by atoms with Gasteiger partial charge in [0.05, 0.1) is 11.3 Å². The van der Waals surface area contributed by atoms with E-state index in [1.807, 2.05) is 54.6 Å². The van der Waals surface area contributed by atoms with E-state index in [2.05, 4.69) is 15.2 Å². The van der Waals surface area contributed by atoms with Crippen molar-refractivity contribution < 1.29 is 33.1 Å². The van der Waals surface area contributed by atoms with Gasteiger partial charge in [0, 0.05) is 19.5 Å². The van der Waals surface area contributed by atoms with Crippen LogP contribution in [0.4, 0.5) is 11.6 Å². The second kappa shape index (κ2) is 11.0. The van der Waals surface area contributed by atoms with Crippen LogP contribution in [-0.4, -0.2) is 22.1 Å². The van der Waals surface area contributed by atoms with E-state index in [1.165, 1.54) is 12.1 Å². The Balaban J connectivity index is 1.48. The predicted molar refractivity (Wildman–Crippen MR) is 129 cm³/mol. The normalized spacial score (nSPS) is 13.1. The van der Waals surface area contributed by atoms with Crippen LogP contribution in [0.2, 0.25) is 0 Å². The highest BCUT2D eigenvalue weighted by Crippen LogP contribution is 2.39. The number of benzene rings is 2. The van der Waals surface area contributed by atoms with Crippen LogP contribution < -0.4 is 24.3 Å². The topological polar surface area (TPSA) is 164 Å². The molecule has 2 unspecified atom stereocenters. The second-order valence-corrected chi connectivity index (χ2v) is 10.0. The fraction of sp³-hybridized carbons (Fsp3) is 0.130. The van der Waals surface area contributed by atoms with Gasteiger partial charge in [-0.1, -0.05) is 47.6 Å². The van der Waals surface area contributed by atoms with E-state index < -0.39 is 15.9 Å². The van der Waals surface area contributed by atoms with Crippen LogP contribution in [0.1, 0.15) is 16.8 Å². The van der Waals surface area contributed by atoms with Crippen molar-refractivity contribution in [3.05, 3.63) is 89.6 Å². The van der Waals surface area contributed by atoms with Crippen LogP contribution in [0.5, 0.6) is 5.75 Å². The van der Waals surface area contributed by atoms with Gasteiger partial charge in [0.2, 0.25) is 7.75 Å². The van der Waals surface area contributed by atoms with Gasteiger partial charge in [-0.25, -0.2) is 4.98 Å². The molecule has 0 saturated heterocycles. The molecule has 2 heterocycles. The number of nitrogens with one attached hydrogen (secondary N) is 1. The minimum atomic E-state index is -4.88. The third kappa shape index (κ3) is 6.54. The Bertz CT molecular complexity index is 1390. The highest BCUT2D eigenvalue weighted by Gasteiger charge is 2.20. The van der Waals surface area contributed by atoms with E-state index in [4.69, 9.17) is 9.26 Å². The van der Waals surface area contributed by atoms with Crippen LogP contribution in [0.3, 0.4) is 0 Å². The summed E-state index contributed by atoms with van der Waals surface area (Å²) in [5, 5.41) is 6.19. The summed E-state index contributed by atoms with van der Waals surface area (Å²) in [7, 11) is -6.91. The molecule has 0 bridgehead atoms. The minimum Gasteiger partial charge on any atom is -0.762 e. The summed E-state index contributed by atoms with van der Waals surface area (Å²) < 4.78 is 34.4. The molecule has 0 amide bonds. The number of rotatable bonds is 10. The minimum absolute atomic E-state index is 0.175. The number of aromatic nitrogens is 2. The van der Waals surface area contributed by atoms with Crippen molar-refractivity contribution in [2.24, 2.45) is 0 Å². The summed E-state index contributed by atoms with van der Waals surface area (Å²) in [5.74, 6) is 0.593. The molecule has 11 nitrogen and oxygen atoms in total.